The summed E-state index contributed by atoms with van der Waals surface area (Å²) < 4.78 is 0. The van der Waals surface area contributed by atoms with Crippen molar-refractivity contribution in [3.8, 4) is 11.4 Å². The van der Waals surface area contributed by atoms with E-state index in [1.165, 1.54) is 6.42 Å². The molecule has 2 aromatic rings. The van der Waals surface area contributed by atoms with Gasteiger partial charge in [-0.25, -0.2) is 9.97 Å². The van der Waals surface area contributed by atoms with E-state index in [0.29, 0.717) is 0 Å². The zero-order chi connectivity index (χ0) is 13.5. The van der Waals surface area contributed by atoms with E-state index in [9.17, 15) is 0 Å². The van der Waals surface area contributed by atoms with Crippen LogP contribution in [-0.2, 0) is 6.42 Å². The largest absolute Gasteiger partial charge is 0.370 e. The van der Waals surface area contributed by atoms with Crippen molar-refractivity contribution in [3.63, 3.8) is 0 Å². The number of unbranched alkanes of at least 4 members (excludes halogenated alkanes) is 1. The Labute approximate surface area is 115 Å². The standard InChI is InChI=1S/C16H21N3/c1-3-5-11-14-12-15(17-4-2)19-16(18-14)13-9-7-6-8-10-13/h6-10,12H,3-5,11H2,1-2H3,(H,17,18,19). The smallest absolute Gasteiger partial charge is 0.161 e. The number of benzene rings is 1. The minimum absolute atomic E-state index is 0.810. The van der Waals surface area contributed by atoms with Crippen LogP contribution >= 0.6 is 0 Å². The predicted molar refractivity (Wildman–Crippen MR) is 80.2 cm³/mol. The Bertz CT molecular complexity index is 509. The summed E-state index contributed by atoms with van der Waals surface area (Å²) in [5.41, 5.74) is 2.19. The second-order valence-corrected chi connectivity index (χ2v) is 4.57. The lowest BCUT2D eigenvalue weighted by molar-refractivity contribution is 0.774. The first-order valence-corrected chi connectivity index (χ1v) is 7.00. The predicted octanol–water partition coefficient (Wildman–Crippen LogP) is 3.92. The molecule has 1 heterocycles. The summed E-state index contributed by atoms with van der Waals surface area (Å²) >= 11 is 0. The maximum atomic E-state index is 4.67. The molecular formula is C16H21N3. The van der Waals surface area contributed by atoms with E-state index in [1.807, 2.05) is 18.2 Å². The van der Waals surface area contributed by atoms with Gasteiger partial charge in [-0.15, -0.1) is 0 Å². The molecule has 0 aliphatic heterocycles. The van der Waals surface area contributed by atoms with Crippen LogP contribution in [0.2, 0.25) is 0 Å². The number of aryl methyl sites for hydroxylation is 1. The maximum absolute atomic E-state index is 4.67. The van der Waals surface area contributed by atoms with Crippen molar-refractivity contribution in [1.29, 1.82) is 0 Å². The SMILES string of the molecule is CCCCc1cc(NCC)nc(-c2ccccc2)n1. The van der Waals surface area contributed by atoms with Gasteiger partial charge >= 0.3 is 0 Å². The van der Waals surface area contributed by atoms with E-state index in [0.717, 1.165) is 42.3 Å². The monoisotopic (exact) mass is 255 g/mol. The summed E-state index contributed by atoms with van der Waals surface area (Å²) in [6.07, 6.45) is 3.36. The molecule has 0 aliphatic carbocycles. The molecule has 2 rings (SSSR count). The van der Waals surface area contributed by atoms with Crippen molar-refractivity contribution >= 4 is 5.82 Å². The Morgan fingerprint density at radius 2 is 1.84 bits per heavy atom. The van der Waals surface area contributed by atoms with Gasteiger partial charge in [0.15, 0.2) is 5.82 Å². The fraction of sp³-hybridized carbons (Fsp3) is 0.375. The molecule has 0 spiro atoms. The van der Waals surface area contributed by atoms with Gasteiger partial charge in [0.05, 0.1) is 0 Å². The molecule has 0 bridgehead atoms. The van der Waals surface area contributed by atoms with Gasteiger partial charge < -0.3 is 5.32 Å². The summed E-state index contributed by atoms with van der Waals surface area (Å²) in [6, 6.07) is 12.2. The average molecular weight is 255 g/mol. The Morgan fingerprint density at radius 1 is 1.05 bits per heavy atom. The molecule has 1 aromatic carbocycles. The Hall–Kier alpha value is -1.90. The van der Waals surface area contributed by atoms with Crippen LogP contribution in [0.4, 0.5) is 5.82 Å². The van der Waals surface area contributed by atoms with Crippen molar-refractivity contribution in [1.82, 2.24) is 9.97 Å². The zero-order valence-electron chi connectivity index (χ0n) is 11.7. The topological polar surface area (TPSA) is 37.8 Å². The highest BCUT2D eigenvalue weighted by Crippen LogP contribution is 2.18. The van der Waals surface area contributed by atoms with Crippen molar-refractivity contribution in [2.45, 2.75) is 33.1 Å². The number of nitrogens with zero attached hydrogens (tertiary/aromatic N) is 2. The second kappa shape index (κ2) is 6.88. The van der Waals surface area contributed by atoms with E-state index in [1.54, 1.807) is 0 Å². The van der Waals surface area contributed by atoms with Gasteiger partial charge in [0.1, 0.15) is 5.82 Å². The van der Waals surface area contributed by atoms with Crippen molar-refractivity contribution in [2.75, 3.05) is 11.9 Å². The summed E-state index contributed by atoms with van der Waals surface area (Å²) in [7, 11) is 0. The third-order valence-corrected chi connectivity index (χ3v) is 2.96. The molecule has 3 nitrogen and oxygen atoms in total. The van der Waals surface area contributed by atoms with Crippen LogP contribution in [0.15, 0.2) is 36.4 Å². The highest BCUT2D eigenvalue weighted by atomic mass is 15.0. The van der Waals surface area contributed by atoms with Crippen molar-refractivity contribution < 1.29 is 0 Å². The lowest BCUT2D eigenvalue weighted by atomic mass is 10.1. The van der Waals surface area contributed by atoms with Gasteiger partial charge in [-0.3, -0.25) is 0 Å². The van der Waals surface area contributed by atoms with Crippen LogP contribution in [0.1, 0.15) is 32.4 Å². The van der Waals surface area contributed by atoms with Crippen LogP contribution in [-0.4, -0.2) is 16.5 Å². The quantitative estimate of drug-likeness (QED) is 0.850. The summed E-state index contributed by atoms with van der Waals surface area (Å²) in [5.74, 6) is 1.73. The molecule has 0 amide bonds. The molecule has 0 fully saturated rings. The van der Waals surface area contributed by atoms with Gasteiger partial charge in [0, 0.05) is 23.9 Å². The minimum Gasteiger partial charge on any atom is -0.370 e. The highest BCUT2D eigenvalue weighted by molar-refractivity contribution is 5.57. The second-order valence-electron chi connectivity index (χ2n) is 4.57. The Morgan fingerprint density at radius 3 is 2.53 bits per heavy atom. The maximum Gasteiger partial charge on any atom is 0.161 e. The summed E-state index contributed by atoms with van der Waals surface area (Å²) in [4.78, 5) is 9.25. The molecular weight excluding hydrogens is 234 g/mol. The first kappa shape index (κ1) is 13.5. The number of nitrogens with one attached hydrogen (secondary N) is 1. The van der Waals surface area contributed by atoms with Crippen LogP contribution in [0.5, 0.6) is 0 Å². The van der Waals surface area contributed by atoms with Gasteiger partial charge in [-0.1, -0.05) is 43.7 Å². The van der Waals surface area contributed by atoms with E-state index >= 15 is 0 Å². The molecule has 19 heavy (non-hydrogen) atoms. The number of rotatable bonds is 6. The third kappa shape index (κ3) is 3.78. The zero-order valence-corrected chi connectivity index (χ0v) is 11.7. The Balaban J connectivity index is 2.33. The van der Waals surface area contributed by atoms with Gasteiger partial charge in [-0.05, 0) is 19.8 Å². The lowest BCUT2D eigenvalue weighted by Gasteiger charge is -2.09. The minimum atomic E-state index is 0.810. The molecule has 0 saturated heterocycles. The fourth-order valence-corrected chi connectivity index (χ4v) is 1.97. The normalized spacial score (nSPS) is 10.4. The molecule has 0 aliphatic rings. The first-order valence-electron chi connectivity index (χ1n) is 7.00. The summed E-state index contributed by atoms with van der Waals surface area (Å²) in [5, 5.41) is 3.28. The average Bonchev–Trinajstić information content (AvgIpc) is 2.46. The van der Waals surface area contributed by atoms with Gasteiger partial charge in [-0.2, -0.15) is 0 Å². The van der Waals surface area contributed by atoms with Gasteiger partial charge in [0.25, 0.3) is 0 Å². The number of anilines is 1. The van der Waals surface area contributed by atoms with Crippen LogP contribution in [0.25, 0.3) is 11.4 Å². The molecule has 0 saturated carbocycles. The number of hydrogen-bond donors (Lipinski definition) is 1. The third-order valence-electron chi connectivity index (χ3n) is 2.96. The highest BCUT2D eigenvalue weighted by Gasteiger charge is 2.06. The number of hydrogen-bond acceptors (Lipinski definition) is 3. The summed E-state index contributed by atoms with van der Waals surface area (Å²) in [6.45, 7) is 5.15. The molecule has 1 aromatic heterocycles. The van der Waals surface area contributed by atoms with Crippen LogP contribution in [0, 0.1) is 0 Å². The molecule has 0 unspecified atom stereocenters. The number of aromatic nitrogens is 2. The Kier molecular flexibility index (Phi) is 4.90. The van der Waals surface area contributed by atoms with E-state index < -0.39 is 0 Å². The molecule has 0 radical (unpaired) electrons. The van der Waals surface area contributed by atoms with E-state index in [4.69, 9.17) is 0 Å². The first-order chi connectivity index (χ1) is 9.33. The molecule has 3 heteroatoms. The molecule has 1 N–H and O–H groups in total. The molecule has 0 atom stereocenters. The van der Waals surface area contributed by atoms with Gasteiger partial charge in [0.2, 0.25) is 0 Å². The van der Waals surface area contributed by atoms with Crippen molar-refractivity contribution in [2.24, 2.45) is 0 Å². The molecule has 100 valence electrons. The fourth-order valence-electron chi connectivity index (χ4n) is 1.97. The van der Waals surface area contributed by atoms with E-state index in [2.05, 4.69) is 47.3 Å². The van der Waals surface area contributed by atoms with Crippen LogP contribution in [0.3, 0.4) is 0 Å². The van der Waals surface area contributed by atoms with Crippen LogP contribution < -0.4 is 5.32 Å². The van der Waals surface area contributed by atoms with Crippen molar-refractivity contribution in [3.05, 3.63) is 42.1 Å². The van der Waals surface area contributed by atoms with E-state index in [-0.39, 0.29) is 0 Å². The lowest BCUT2D eigenvalue weighted by Crippen LogP contribution is -2.04.